The van der Waals surface area contributed by atoms with Gasteiger partial charge >= 0.3 is 0 Å². The number of ketones is 1. The highest BCUT2D eigenvalue weighted by atomic mass is 16.1. The van der Waals surface area contributed by atoms with E-state index in [1.807, 2.05) is 6.08 Å². The molecule has 0 atom stereocenters. The smallest absolute Gasteiger partial charge is 0.129 e. The first kappa shape index (κ1) is 15.4. The summed E-state index contributed by atoms with van der Waals surface area (Å²) in [5.41, 5.74) is 0. The average Bonchev–Trinajstić information content (AvgIpc) is 2.25. The first-order valence-electron chi connectivity index (χ1n) is 6.87. The Hall–Kier alpha value is -0.590. The highest BCUT2D eigenvalue weighted by molar-refractivity contribution is 5.75. The van der Waals surface area contributed by atoms with Crippen molar-refractivity contribution in [2.45, 2.75) is 77.6 Å². The first-order valence-corrected chi connectivity index (χ1v) is 6.87. The second kappa shape index (κ2) is 12.5. The number of carbonyl (C=O) groups excluding carboxylic acids is 1. The number of carbonyl (C=O) groups is 1. The summed E-state index contributed by atoms with van der Waals surface area (Å²) in [5.74, 6) is 0.335. The minimum Gasteiger partial charge on any atom is -0.300 e. The molecule has 0 N–H and O–H groups in total. The van der Waals surface area contributed by atoms with E-state index in [1.54, 1.807) is 6.92 Å². The summed E-state index contributed by atoms with van der Waals surface area (Å²) in [6, 6.07) is 0. The van der Waals surface area contributed by atoms with Crippen molar-refractivity contribution in [2.75, 3.05) is 0 Å². The summed E-state index contributed by atoms with van der Waals surface area (Å²) in [6.07, 6.45) is 15.7. The molecule has 0 heterocycles. The van der Waals surface area contributed by atoms with Crippen LogP contribution in [0.1, 0.15) is 77.6 Å². The van der Waals surface area contributed by atoms with Gasteiger partial charge in [0.05, 0.1) is 0 Å². The van der Waals surface area contributed by atoms with E-state index < -0.39 is 0 Å². The van der Waals surface area contributed by atoms with Crippen LogP contribution in [0.15, 0.2) is 12.7 Å². The van der Waals surface area contributed by atoms with Crippen LogP contribution in [-0.4, -0.2) is 5.78 Å². The molecule has 0 unspecified atom stereocenters. The topological polar surface area (TPSA) is 17.1 Å². The first-order chi connectivity index (χ1) is 7.77. The van der Waals surface area contributed by atoms with Gasteiger partial charge in [0.15, 0.2) is 0 Å². The van der Waals surface area contributed by atoms with Crippen LogP contribution in [0.25, 0.3) is 0 Å². The van der Waals surface area contributed by atoms with E-state index in [0.29, 0.717) is 5.78 Å². The Labute approximate surface area is 101 Å². The van der Waals surface area contributed by atoms with Crippen molar-refractivity contribution in [3.8, 4) is 0 Å². The highest BCUT2D eigenvalue weighted by Crippen LogP contribution is 2.11. The molecule has 0 radical (unpaired) electrons. The zero-order valence-corrected chi connectivity index (χ0v) is 11.0. The van der Waals surface area contributed by atoms with Gasteiger partial charge in [0.25, 0.3) is 0 Å². The fourth-order valence-corrected chi connectivity index (χ4v) is 1.90. The molecule has 0 aromatic heterocycles. The lowest BCUT2D eigenvalue weighted by molar-refractivity contribution is -0.117. The molecule has 0 bridgehead atoms. The lowest BCUT2D eigenvalue weighted by Gasteiger charge is -2.01. The van der Waals surface area contributed by atoms with Crippen molar-refractivity contribution in [1.29, 1.82) is 0 Å². The summed E-state index contributed by atoms with van der Waals surface area (Å²) < 4.78 is 0. The average molecular weight is 224 g/mol. The number of allylic oxidation sites excluding steroid dienone is 1. The highest BCUT2D eigenvalue weighted by Gasteiger charge is 1.94. The molecule has 0 aliphatic carbocycles. The maximum Gasteiger partial charge on any atom is 0.129 e. The van der Waals surface area contributed by atoms with Crippen molar-refractivity contribution < 1.29 is 4.79 Å². The summed E-state index contributed by atoms with van der Waals surface area (Å²) in [6.45, 7) is 5.41. The van der Waals surface area contributed by atoms with Gasteiger partial charge in [-0.3, -0.25) is 0 Å². The third kappa shape index (κ3) is 13.4. The van der Waals surface area contributed by atoms with Crippen molar-refractivity contribution in [3.63, 3.8) is 0 Å². The van der Waals surface area contributed by atoms with Gasteiger partial charge in [-0.25, -0.2) is 0 Å². The summed E-state index contributed by atoms with van der Waals surface area (Å²) in [5, 5.41) is 0. The van der Waals surface area contributed by atoms with E-state index in [4.69, 9.17) is 0 Å². The Kier molecular flexibility index (Phi) is 12.0. The Morgan fingerprint density at radius 3 is 1.75 bits per heavy atom. The Morgan fingerprint density at radius 1 is 0.875 bits per heavy atom. The molecule has 0 spiro atoms. The fourth-order valence-electron chi connectivity index (χ4n) is 1.90. The minimum atomic E-state index is 0.335. The monoisotopic (exact) mass is 224 g/mol. The molecule has 16 heavy (non-hydrogen) atoms. The van der Waals surface area contributed by atoms with E-state index in [9.17, 15) is 4.79 Å². The molecular weight excluding hydrogens is 196 g/mol. The third-order valence-corrected chi connectivity index (χ3v) is 2.94. The van der Waals surface area contributed by atoms with Crippen LogP contribution >= 0.6 is 0 Å². The second-order valence-corrected chi connectivity index (χ2v) is 4.71. The summed E-state index contributed by atoms with van der Waals surface area (Å²) in [7, 11) is 0. The SMILES string of the molecule is C=CCCCCCCCCCCCC(C)=O. The van der Waals surface area contributed by atoms with E-state index in [1.165, 1.54) is 57.8 Å². The zero-order chi connectivity index (χ0) is 12.1. The van der Waals surface area contributed by atoms with Gasteiger partial charge in [0.2, 0.25) is 0 Å². The molecule has 0 aliphatic rings. The Balaban J connectivity index is 2.93. The van der Waals surface area contributed by atoms with Gasteiger partial charge in [-0.1, -0.05) is 51.0 Å². The van der Waals surface area contributed by atoms with E-state index in [0.717, 1.165) is 12.8 Å². The Bertz CT molecular complexity index is 172. The van der Waals surface area contributed by atoms with Gasteiger partial charge < -0.3 is 4.79 Å². The molecule has 1 heteroatoms. The van der Waals surface area contributed by atoms with Crippen LogP contribution in [0.5, 0.6) is 0 Å². The van der Waals surface area contributed by atoms with Crippen molar-refractivity contribution in [2.24, 2.45) is 0 Å². The van der Waals surface area contributed by atoms with Crippen LogP contribution in [0, 0.1) is 0 Å². The molecule has 0 aromatic carbocycles. The van der Waals surface area contributed by atoms with Gasteiger partial charge in [-0.15, -0.1) is 6.58 Å². The molecule has 94 valence electrons. The van der Waals surface area contributed by atoms with Crippen LogP contribution in [0.3, 0.4) is 0 Å². The third-order valence-electron chi connectivity index (χ3n) is 2.94. The van der Waals surface area contributed by atoms with Crippen LogP contribution < -0.4 is 0 Å². The molecule has 0 rings (SSSR count). The van der Waals surface area contributed by atoms with Gasteiger partial charge in [-0.05, 0) is 26.2 Å². The quantitative estimate of drug-likeness (QED) is 0.335. The molecule has 0 saturated carbocycles. The second-order valence-electron chi connectivity index (χ2n) is 4.71. The Morgan fingerprint density at radius 2 is 1.31 bits per heavy atom. The van der Waals surface area contributed by atoms with E-state index in [-0.39, 0.29) is 0 Å². The van der Waals surface area contributed by atoms with Crippen molar-refractivity contribution in [1.82, 2.24) is 0 Å². The maximum absolute atomic E-state index is 10.7. The molecule has 0 aliphatic heterocycles. The summed E-state index contributed by atoms with van der Waals surface area (Å²) in [4.78, 5) is 10.7. The van der Waals surface area contributed by atoms with Gasteiger partial charge in [-0.2, -0.15) is 0 Å². The lowest BCUT2D eigenvalue weighted by Crippen LogP contribution is -1.89. The molecule has 0 fully saturated rings. The lowest BCUT2D eigenvalue weighted by atomic mass is 10.1. The predicted octanol–water partition coefficient (Wildman–Crippen LogP) is 5.05. The number of hydrogen-bond donors (Lipinski definition) is 0. The maximum atomic E-state index is 10.7. The minimum absolute atomic E-state index is 0.335. The number of hydrogen-bond acceptors (Lipinski definition) is 1. The molecule has 0 aromatic rings. The molecule has 0 amide bonds. The van der Waals surface area contributed by atoms with Crippen molar-refractivity contribution >= 4 is 5.78 Å². The van der Waals surface area contributed by atoms with Crippen LogP contribution in [0.2, 0.25) is 0 Å². The number of Topliss-reactive ketones (excluding diaryl/α,β-unsaturated/α-hetero) is 1. The van der Waals surface area contributed by atoms with E-state index in [2.05, 4.69) is 6.58 Å². The largest absolute Gasteiger partial charge is 0.300 e. The zero-order valence-electron chi connectivity index (χ0n) is 11.0. The van der Waals surface area contributed by atoms with Gasteiger partial charge in [0.1, 0.15) is 5.78 Å². The van der Waals surface area contributed by atoms with Crippen LogP contribution in [-0.2, 0) is 4.79 Å². The van der Waals surface area contributed by atoms with E-state index >= 15 is 0 Å². The summed E-state index contributed by atoms with van der Waals surface area (Å²) >= 11 is 0. The predicted molar refractivity (Wildman–Crippen MR) is 71.7 cm³/mol. The molecular formula is C15H28O. The van der Waals surface area contributed by atoms with Crippen LogP contribution in [0.4, 0.5) is 0 Å². The van der Waals surface area contributed by atoms with Gasteiger partial charge in [0, 0.05) is 6.42 Å². The normalized spacial score (nSPS) is 10.3. The molecule has 0 saturated heterocycles. The number of unbranched alkanes of at least 4 members (excludes halogenated alkanes) is 9. The van der Waals surface area contributed by atoms with Crippen molar-refractivity contribution in [3.05, 3.63) is 12.7 Å². The molecule has 1 nitrogen and oxygen atoms in total. The standard InChI is InChI=1S/C15H28O/c1-3-4-5-6-7-8-9-10-11-12-13-14-15(2)16/h3H,1,4-14H2,2H3. The number of rotatable bonds is 12. The fraction of sp³-hybridized carbons (Fsp3) is 0.800.